The highest BCUT2D eigenvalue weighted by molar-refractivity contribution is 8.45. The van der Waals surface area contributed by atoms with Gasteiger partial charge in [-0.2, -0.15) is 0 Å². The summed E-state index contributed by atoms with van der Waals surface area (Å²) in [6.07, 6.45) is 0. The lowest BCUT2D eigenvalue weighted by atomic mass is 10.3. The second-order valence-corrected chi connectivity index (χ2v) is 5.42. The first-order valence-corrected chi connectivity index (χ1v) is 5.71. The van der Waals surface area contributed by atoms with E-state index in [4.69, 9.17) is 5.11 Å². The predicted octanol–water partition coefficient (Wildman–Crippen LogP) is 3.75. The summed E-state index contributed by atoms with van der Waals surface area (Å²) in [6, 6.07) is 1.37. The summed E-state index contributed by atoms with van der Waals surface area (Å²) in [7, 11) is -9.94. The zero-order chi connectivity index (χ0) is 12.8. The standard InChI is InChI=1S/C7H6F5NO2S/c1-4-2-3-5(7(14)15)13-6(4)16(8,9,10,11)12/h2-3H,1H3,(H,14,15). The van der Waals surface area contributed by atoms with E-state index in [-0.39, 0.29) is 0 Å². The Hall–Kier alpha value is -1.38. The van der Waals surface area contributed by atoms with E-state index in [2.05, 4.69) is 4.98 Å². The number of carboxylic acid groups (broad SMARTS) is 1. The highest BCUT2D eigenvalue weighted by Gasteiger charge is 2.68. The summed E-state index contributed by atoms with van der Waals surface area (Å²) in [4.78, 5) is 12.8. The molecule has 1 aromatic rings. The van der Waals surface area contributed by atoms with Crippen LogP contribution in [0.4, 0.5) is 19.4 Å². The zero-order valence-corrected chi connectivity index (χ0v) is 8.57. The quantitative estimate of drug-likeness (QED) is 0.827. The van der Waals surface area contributed by atoms with Crippen molar-refractivity contribution in [2.24, 2.45) is 0 Å². The van der Waals surface area contributed by atoms with Crippen molar-refractivity contribution in [2.45, 2.75) is 11.9 Å². The molecule has 9 heteroatoms. The van der Waals surface area contributed by atoms with Crippen LogP contribution in [0, 0.1) is 6.92 Å². The predicted molar refractivity (Wildman–Crippen MR) is 47.3 cm³/mol. The Kier molecular flexibility index (Phi) is 2.10. The zero-order valence-electron chi connectivity index (χ0n) is 7.76. The molecular weight excluding hydrogens is 257 g/mol. The normalized spacial score (nSPS) is 16.4. The van der Waals surface area contributed by atoms with Crippen molar-refractivity contribution < 1.29 is 29.3 Å². The van der Waals surface area contributed by atoms with Crippen molar-refractivity contribution in [3.05, 3.63) is 23.4 Å². The Morgan fingerprint density at radius 1 is 1.25 bits per heavy atom. The molecule has 0 aromatic carbocycles. The van der Waals surface area contributed by atoms with Crippen LogP contribution in [0.2, 0.25) is 0 Å². The van der Waals surface area contributed by atoms with E-state index in [1.165, 1.54) is 0 Å². The molecule has 0 aliphatic carbocycles. The van der Waals surface area contributed by atoms with Crippen molar-refractivity contribution in [2.75, 3.05) is 0 Å². The number of carbonyl (C=O) groups is 1. The Balaban J connectivity index is 3.59. The molecule has 0 saturated carbocycles. The smallest absolute Gasteiger partial charge is 0.354 e. The van der Waals surface area contributed by atoms with E-state index in [1.807, 2.05) is 0 Å². The summed E-state index contributed by atoms with van der Waals surface area (Å²) in [6.45, 7) is 0.784. The third kappa shape index (κ3) is 2.60. The first-order chi connectivity index (χ1) is 6.81. The molecule has 0 saturated heterocycles. The van der Waals surface area contributed by atoms with E-state index in [9.17, 15) is 24.2 Å². The molecule has 1 N–H and O–H groups in total. The fourth-order valence-electron chi connectivity index (χ4n) is 1.02. The number of aryl methyl sites for hydroxylation is 1. The number of carboxylic acids is 1. The highest BCUT2D eigenvalue weighted by Crippen LogP contribution is 3.02. The van der Waals surface area contributed by atoms with Gasteiger partial charge in [0.2, 0.25) is 0 Å². The van der Waals surface area contributed by atoms with E-state index >= 15 is 0 Å². The van der Waals surface area contributed by atoms with E-state index < -0.39 is 32.5 Å². The van der Waals surface area contributed by atoms with Gasteiger partial charge >= 0.3 is 16.2 Å². The van der Waals surface area contributed by atoms with Gasteiger partial charge in [0.1, 0.15) is 5.69 Å². The molecule has 16 heavy (non-hydrogen) atoms. The van der Waals surface area contributed by atoms with Gasteiger partial charge in [-0.3, -0.25) is 0 Å². The van der Waals surface area contributed by atoms with Crippen LogP contribution in [-0.4, -0.2) is 16.1 Å². The Labute approximate surface area is 86.6 Å². The van der Waals surface area contributed by atoms with Gasteiger partial charge in [-0.1, -0.05) is 25.5 Å². The van der Waals surface area contributed by atoms with Crippen LogP contribution in [0.3, 0.4) is 0 Å². The average Bonchev–Trinajstić information content (AvgIpc) is 1.99. The number of aromatic carboxylic acids is 1. The maximum absolute atomic E-state index is 12.4. The molecule has 1 aromatic heterocycles. The van der Waals surface area contributed by atoms with Gasteiger partial charge in [-0.15, -0.1) is 0 Å². The summed E-state index contributed by atoms with van der Waals surface area (Å²) >= 11 is 0. The lowest BCUT2D eigenvalue weighted by molar-refractivity contribution is 0.0689. The summed E-state index contributed by atoms with van der Waals surface area (Å²) < 4.78 is 62.0. The lowest BCUT2D eigenvalue weighted by Gasteiger charge is -2.40. The number of aromatic nitrogens is 1. The second-order valence-electron chi connectivity index (χ2n) is 3.09. The maximum atomic E-state index is 12.4. The number of hydrogen-bond donors (Lipinski definition) is 1. The summed E-state index contributed by atoms with van der Waals surface area (Å²) in [5.74, 6) is -1.80. The third-order valence-corrected chi connectivity index (χ3v) is 2.78. The highest BCUT2D eigenvalue weighted by atomic mass is 32.5. The summed E-state index contributed by atoms with van der Waals surface area (Å²) in [5.41, 5.74) is -1.89. The molecule has 0 bridgehead atoms. The van der Waals surface area contributed by atoms with Crippen LogP contribution in [0.15, 0.2) is 17.2 Å². The SMILES string of the molecule is Cc1ccc(C(=O)O)nc1S(F)(F)(F)(F)F. The largest absolute Gasteiger partial charge is 0.477 e. The molecule has 0 spiro atoms. The molecule has 0 radical (unpaired) electrons. The first kappa shape index (κ1) is 12.7. The molecule has 0 aliphatic heterocycles. The molecule has 1 heterocycles. The van der Waals surface area contributed by atoms with Crippen LogP contribution in [0.25, 0.3) is 0 Å². The van der Waals surface area contributed by atoms with Gasteiger partial charge in [0.05, 0.1) is 0 Å². The van der Waals surface area contributed by atoms with Crippen molar-refractivity contribution in [3.8, 4) is 0 Å². The van der Waals surface area contributed by atoms with Crippen LogP contribution >= 0.6 is 10.2 Å². The van der Waals surface area contributed by atoms with E-state index in [0.29, 0.717) is 6.07 Å². The van der Waals surface area contributed by atoms with Gasteiger partial charge in [-0.25, -0.2) is 9.78 Å². The lowest BCUT2D eigenvalue weighted by Crippen LogP contribution is -2.13. The van der Waals surface area contributed by atoms with Gasteiger partial charge in [0, 0.05) is 0 Å². The third-order valence-electron chi connectivity index (χ3n) is 1.64. The number of nitrogens with zero attached hydrogens (tertiary/aromatic N) is 1. The monoisotopic (exact) mass is 263 g/mol. The van der Waals surface area contributed by atoms with Crippen LogP contribution in [-0.2, 0) is 0 Å². The van der Waals surface area contributed by atoms with Crippen molar-refractivity contribution in [3.63, 3.8) is 0 Å². The molecule has 3 nitrogen and oxygen atoms in total. The molecule has 0 atom stereocenters. The Morgan fingerprint density at radius 2 is 1.75 bits per heavy atom. The van der Waals surface area contributed by atoms with Gasteiger partial charge < -0.3 is 5.11 Å². The molecular formula is C7H6F5NO2S. The number of pyridine rings is 1. The molecule has 92 valence electrons. The van der Waals surface area contributed by atoms with Crippen molar-refractivity contribution in [1.82, 2.24) is 4.98 Å². The van der Waals surface area contributed by atoms with Gasteiger partial charge in [-0.05, 0) is 18.6 Å². The minimum Gasteiger partial charge on any atom is -0.477 e. The Morgan fingerprint density at radius 3 is 2.12 bits per heavy atom. The van der Waals surface area contributed by atoms with Gasteiger partial charge in [0.25, 0.3) is 0 Å². The fourth-order valence-corrected chi connectivity index (χ4v) is 1.97. The number of hydrogen-bond acceptors (Lipinski definition) is 2. The molecule has 1 rings (SSSR count). The second kappa shape index (κ2) is 2.65. The van der Waals surface area contributed by atoms with E-state index in [0.717, 1.165) is 13.0 Å². The summed E-state index contributed by atoms with van der Waals surface area (Å²) in [5, 5.41) is 5.97. The molecule has 0 unspecified atom stereocenters. The van der Waals surface area contributed by atoms with Crippen LogP contribution < -0.4 is 0 Å². The van der Waals surface area contributed by atoms with Crippen LogP contribution in [0.5, 0.6) is 0 Å². The van der Waals surface area contributed by atoms with Crippen LogP contribution in [0.1, 0.15) is 16.1 Å². The number of halogens is 5. The number of rotatable bonds is 2. The molecule has 0 amide bonds. The van der Waals surface area contributed by atoms with E-state index in [1.54, 1.807) is 0 Å². The van der Waals surface area contributed by atoms with Crippen molar-refractivity contribution in [1.29, 1.82) is 0 Å². The van der Waals surface area contributed by atoms with Gasteiger partial charge in [0.15, 0.2) is 5.03 Å². The first-order valence-electron chi connectivity index (χ1n) is 3.76. The Bertz CT molecular complexity index is 469. The maximum Gasteiger partial charge on any atom is 0.354 e. The molecule has 0 fully saturated rings. The fraction of sp³-hybridized carbons (Fsp3) is 0.143. The average molecular weight is 263 g/mol. The minimum atomic E-state index is -9.94. The molecule has 0 aliphatic rings. The minimum absolute atomic E-state index is 0.643. The van der Waals surface area contributed by atoms with Crippen molar-refractivity contribution >= 4 is 16.2 Å². The topological polar surface area (TPSA) is 50.2 Å².